The molecule has 0 bridgehead atoms. The molecule has 0 radical (unpaired) electrons. The maximum absolute atomic E-state index is 12.3. The lowest BCUT2D eigenvalue weighted by atomic mass is 10.1. The van der Waals surface area contributed by atoms with Gasteiger partial charge in [0.2, 0.25) is 0 Å². The minimum atomic E-state index is -0.289. The van der Waals surface area contributed by atoms with Crippen molar-refractivity contribution in [2.45, 2.75) is 6.92 Å². The minimum absolute atomic E-state index is 0.177. The van der Waals surface area contributed by atoms with Crippen LogP contribution in [0.4, 0.5) is 11.4 Å². The summed E-state index contributed by atoms with van der Waals surface area (Å²) in [7, 11) is 3.92. The molecule has 4 nitrogen and oxygen atoms in total. The minimum Gasteiger partial charge on any atom is -0.377 e. The van der Waals surface area contributed by atoms with Crippen LogP contribution in [0.3, 0.4) is 0 Å². The summed E-state index contributed by atoms with van der Waals surface area (Å²) in [6.07, 6.45) is 1.55. The number of carbonyl (C=O) groups is 1. The van der Waals surface area contributed by atoms with Crippen LogP contribution in [0.1, 0.15) is 15.9 Å². The molecule has 1 heterocycles. The second-order valence-corrected chi connectivity index (χ2v) is 6.12. The zero-order valence-electron chi connectivity index (χ0n) is 11.9. The zero-order valence-corrected chi connectivity index (χ0v) is 14.3. The molecule has 1 aromatic heterocycles. The SMILES string of the molecule is Cc1ccc(NC(=O)c2cc(Br)cnc2Cl)cc1N(C)C. The Morgan fingerprint density at radius 2 is 2.05 bits per heavy atom. The number of pyridine rings is 1. The summed E-state index contributed by atoms with van der Waals surface area (Å²) in [5.41, 5.74) is 3.23. The van der Waals surface area contributed by atoms with Crippen molar-refractivity contribution in [1.29, 1.82) is 0 Å². The number of nitrogens with one attached hydrogen (secondary N) is 1. The van der Waals surface area contributed by atoms with Gasteiger partial charge in [-0.05, 0) is 46.6 Å². The van der Waals surface area contributed by atoms with Crippen LogP contribution in [0.2, 0.25) is 5.15 Å². The third-order valence-corrected chi connectivity index (χ3v) is 3.73. The van der Waals surface area contributed by atoms with Gasteiger partial charge in [0, 0.05) is 36.1 Å². The number of rotatable bonds is 3. The Morgan fingerprint density at radius 3 is 2.71 bits per heavy atom. The fourth-order valence-corrected chi connectivity index (χ4v) is 2.47. The molecule has 110 valence electrons. The molecular weight excluding hydrogens is 354 g/mol. The van der Waals surface area contributed by atoms with E-state index in [9.17, 15) is 4.79 Å². The molecule has 1 amide bonds. The van der Waals surface area contributed by atoms with Crippen LogP contribution in [-0.4, -0.2) is 25.0 Å². The number of halogens is 2. The van der Waals surface area contributed by atoms with Gasteiger partial charge in [0.1, 0.15) is 5.15 Å². The standard InChI is InChI=1S/C15H15BrClN3O/c1-9-4-5-11(7-13(9)20(2)3)19-15(21)12-6-10(16)8-18-14(12)17/h4-8H,1-3H3,(H,19,21). The smallest absolute Gasteiger partial charge is 0.258 e. The Labute approximate surface area is 137 Å². The van der Waals surface area contributed by atoms with Gasteiger partial charge in [-0.25, -0.2) is 4.98 Å². The molecule has 0 unspecified atom stereocenters. The van der Waals surface area contributed by atoms with E-state index in [1.54, 1.807) is 12.3 Å². The van der Waals surface area contributed by atoms with E-state index in [0.29, 0.717) is 15.7 Å². The lowest BCUT2D eigenvalue weighted by Gasteiger charge is -2.17. The van der Waals surface area contributed by atoms with Crippen LogP contribution in [0, 0.1) is 6.92 Å². The van der Waals surface area contributed by atoms with Gasteiger partial charge >= 0.3 is 0 Å². The summed E-state index contributed by atoms with van der Waals surface area (Å²) in [4.78, 5) is 18.2. The molecule has 0 saturated heterocycles. The fourth-order valence-electron chi connectivity index (χ4n) is 1.95. The zero-order chi connectivity index (χ0) is 15.6. The van der Waals surface area contributed by atoms with Gasteiger partial charge in [-0.15, -0.1) is 0 Å². The van der Waals surface area contributed by atoms with Gasteiger partial charge in [0.25, 0.3) is 5.91 Å². The van der Waals surface area contributed by atoms with Gasteiger partial charge in [-0.2, -0.15) is 0 Å². The largest absolute Gasteiger partial charge is 0.377 e. The Bertz CT molecular complexity index is 689. The van der Waals surface area contributed by atoms with E-state index in [2.05, 4.69) is 26.2 Å². The molecule has 0 saturated carbocycles. The van der Waals surface area contributed by atoms with Crippen molar-refractivity contribution in [2.24, 2.45) is 0 Å². The fraction of sp³-hybridized carbons (Fsp3) is 0.200. The highest BCUT2D eigenvalue weighted by atomic mass is 79.9. The lowest BCUT2D eigenvalue weighted by molar-refractivity contribution is 0.102. The number of anilines is 2. The third kappa shape index (κ3) is 3.74. The van der Waals surface area contributed by atoms with Crippen LogP contribution in [-0.2, 0) is 0 Å². The second-order valence-electron chi connectivity index (χ2n) is 4.84. The van der Waals surface area contributed by atoms with E-state index >= 15 is 0 Å². The van der Waals surface area contributed by atoms with Crippen LogP contribution < -0.4 is 10.2 Å². The molecule has 0 atom stereocenters. The molecule has 6 heteroatoms. The summed E-state index contributed by atoms with van der Waals surface area (Å²) in [5, 5.41) is 3.01. The van der Waals surface area contributed by atoms with E-state index in [4.69, 9.17) is 11.6 Å². The summed E-state index contributed by atoms with van der Waals surface area (Å²) in [5.74, 6) is -0.289. The quantitative estimate of drug-likeness (QED) is 0.829. The number of benzene rings is 1. The number of hydrogen-bond acceptors (Lipinski definition) is 3. The van der Waals surface area contributed by atoms with Gasteiger partial charge in [-0.1, -0.05) is 17.7 Å². The number of carbonyl (C=O) groups excluding carboxylic acids is 1. The molecule has 0 fully saturated rings. The highest BCUT2D eigenvalue weighted by Gasteiger charge is 2.13. The predicted molar refractivity (Wildman–Crippen MR) is 90.4 cm³/mol. The van der Waals surface area contributed by atoms with Gasteiger partial charge in [-0.3, -0.25) is 4.79 Å². The van der Waals surface area contributed by atoms with Crippen molar-refractivity contribution >= 4 is 44.8 Å². The van der Waals surface area contributed by atoms with Gasteiger partial charge in [0.05, 0.1) is 5.56 Å². The van der Waals surface area contributed by atoms with Crippen LogP contribution in [0.25, 0.3) is 0 Å². The number of aryl methyl sites for hydroxylation is 1. The molecule has 0 spiro atoms. The van der Waals surface area contributed by atoms with E-state index < -0.39 is 0 Å². The van der Waals surface area contributed by atoms with Crippen molar-refractivity contribution in [3.8, 4) is 0 Å². The summed E-state index contributed by atoms with van der Waals surface area (Å²) < 4.78 is 0.704. The number of amides is 1. The molecule has 0 aliphatic rings. The van der Waals surface area contributed by atoms with Gasteiger partial charge in [0.15, 0.2) is 0 Å². The Balaban J connectivity index is 2.27. The molecule has 1 aromatic carbocycles. The molecule has 21 heavy (non-hydrogen) atoms. The first-order valence-electron chi connectivity index (χ1n) is 6.29. The van der Waals surface area contributed by atoms with E-state index in [1.165, 1.54) is 0 Å². The van der Waals surface area contributed by atoms with Crippen molar-refractivity contribution in [3.63, 3.8) is 0 Å². The van der Waals surface area contributed by atoms with Crippen molar-refractivity contribution < 1.29 is 4.79 Å². The van der Waals surface area contributed by atoms with E-state index in [1.807, 2.05) is 44.1 Å². The first kappa shape index (κ1) is 15.8. The van der Waals surface area contributed by atoms with Crippen LogP contribution in [0.15, 0.2) is 34.9 Å². The molecule has 0 aliphatic carbocycles. The monoisotopic (exact) mass is 367 g/mol. The second kappa shape index (κ2) is 6.45. The summed E-state index contributed by atoms with van der Waals surface area (Å²) in [6.45, 7) is 2.02. The average Bonchev–Trinajstić information content (AvgIpc) is 2.43. The maximum Gasteiger partial charge on any atom is 0.258 e. The van der Waals surface area contributed by atoms with Crippen molar-refractivity contribution in [1.82, 2.24) is 4.98 Å². The van der Waals surface area contributed by atoms with Crippen molar-refractivity contribution in [3.05, 3.63) is 51.2 Å². The molecule has 2 aromatic rings. The first-order chi connectivity index (χ1) is 9.88. The average molecular weight is 369 g/mol. The molecule has 2 rings (SSSR count). The van der Waals surface area contributed by atoms with E-state index in [0.717, 1.165) is 11.3 Å². The highest BCUT2D eigenvalue weighted by molar-refractivity contribution is 9.10. The van der Waals surface area contributed by atoms with E-state index in [-0.39, 0.29) is 11.1 Å². The topological polar surface area (TPSA) is 45.2 Å². The Kier molecular flexibility index (Phi) is 4.85. The first-order valence-corrected chi connectivity index (χ1v) is 7.46. The Hall–Kier alpha value is -1.59. The highest BCUT2D eigenvalue weighted by Crippen LogP contribution is 2.24. The lowest BCUT2D eigenvalue weighted by Crippen LogP contribution is -2.15. The number of nitrogens with zero attached hydrogens (tertiary/aromatic N) is 2. The summed E-state index contributed by atoms with van der Waals surface area (Å²) >= 11 is 9.25. The third-order valence-electron chi connectivity index (χ3n) is 3.00. The number of hydrogen-bond donors (Lipinski definition) is 1. The normalized spacial score (nSPS) is 10.3. The predicted octanol–water partition coefficient (Wildman–Crippen LogP) is 4.12. The maximum atomic E-state index is 12.3. The summed E-state index contributed by atoms with van der Waals surface area (Å²) in [6, 6.07) is 7.39. The Morgan fingerprint density at radius 1 is 1.33 bits per heavy atom. The molecule has 0 aliphatic heterocycles. The number of aromatic nitrogens is 1. The van der Waals surface area contributed by atoms with Crippen molar-refractivity contribution in [2.75, 3.05) is 24.3 Å². The van der Waals surface area contributed by atoms with Gasteiger partial charge < -0.3 is 10.2 Å². The molecular formula is C15H15BrClN3O. The molecule has 1 N–H and O–H groups in total. The van der Waals surface area contributed by atoms with Crippen LogP contribution in [0.5, 0.6) is 0 Å². The van der Waals surface area contributed by atoms with Crippen LogP contribution >= 0.6 is 27.5 Å².